The number of nitriles is 1. The first-order chi connectivity index (χ1) is 11.7. The number of fused-ring (bicyclic) bond motifs is 1. The second-order valence-electron chi connectivity index (χ2n) is 5.16. The van der Waals surface area contributed by atoms with Gasteiger partial charge in [0, 0.05) is 37.4 Å². The number of nitrogens with one attached hydrogen (secondary N) is 1. The number of carbonyl (C=O) groups excluding carboxylic acids is 1. The molecule has 3 rings (SSSR count). The van der Waals surface area contributed by atoms with Gasteiger partial charge < -0.3 is 10.1 Å². The molecule has 0 bridgehead atoms. The van der Waals surface area contributed by atoms with Crippen LogP contribution in [0.5, 0.6) is 0 Å². The molecule has 7 heteroatoms. The molecule has 1 amide bonds. The number of carbonyl (C=O) groups is 1. The molecule has 2 heterocycles. The number of nitrogens with zero attached hydrogens (tertiary/aromatic N) is 3. The molecule has 0 aliphatic heterocycles. The largest absolute Gasteiger partial charge is 0.385 e. The SMILES string of the molecule is COCCCNC(=O)c1nc2sccn2c1-c1cccc(C#N)c1. The smallest absolute Gasteiger partial charge is 0.272 e. The fourth-order valence-corrected chi connectivity index (χ4v) is 3.17. The minimum Gasteiger partial charge on any atom is -0.385 e. The number of hydrogen-bond acceptors (Lipinski definition) is 5. The zero-order chi connectivity index (χ0) is 16.9. The van der Waals surface area contributed by atoms with E-state index in [2.05, 4.69) is 16.4 Å². The van der Waals surface area contributed by atoms with Crippen molar-refractivity contribution < 1.29 is 9.53 Å². The van der Waals surface area contributed by atoms with Crippen molar-refractivity contribution in [3.05, 3.63) is 47.1 Å². The Balaban J connectivity index is 1.98. The number of ether oxygens (including phenoxy) is 1. The number of thiazole rings is 1. The fraction of sp³-hybridized carbons (Fsp3) is 0.235. The average molecular weight is 340 g/mol. The third-order valence-electron chi connectivity index (χ3n) is 3.55. The maximum atomic E-state index is 12.5. The van der Waals surface area contributed by atoms with Crippen LogP contribution in [0.3, 0.4) is 0 Å². The van der Waals surface area contributed by atoms with Gasteiger partial charge in [-0.25, -0.2) is 4.98 Å². The van der Waals surface area contributed by atoms with Crippen LogP contribution in [0.15, 0.2) is 35.8 Å². The van der Waals surface area contributed by atoms with Gasteiger partial charge in [0.2, 0.25) is 0 Å². The number of rotatable bonds is 6. The summed E-state index contributed by atoms with van der Waals surface area (Å²) in [6.45, 7) is 1.12. The van der Waals surface area contributed by atoms with Crippen LogP contribution in [0.25, 0.3) is 16.2 Å². The Morgan fingerprint density at radius 1 is 1.50 bits per heavy atom. The molecule has 0 unspecified atom stereocenters. The molecule has 24 heavy (non-hydrogen) atoms. The molecule has 3 aromatic rings. The molecule has 0 spiro atoms. The lowest BCUT2D eigenvalue weighted by atomic mass is 10.1. The van der Waals surface area contributed by atoms with Crippen LogP contribution in [0.1, 0.15) is 22.5 Å². The number of aromatic nitrogens is 2. The Bertz CT molecular complexity index is 907. The second-order valence-corrected chi connectivity index (χ2v) is 6.03. The van der Waals surface area contributed by atoms with Crippen LogP contribution < -0.4 is 5.32 Å². The maximum Gasteiger partial charge on any atom is 0.272 e. The molecule has 0 radical (unpaired) electrons. The summed E-state index contributed by atoms with van der Waals surface area (Å²) < 4.78 is 6.86. The summed E-state index contributed by atoms with van der Waals surface area (Å²) in [5, 5.41) is 13.9. The van der Waals surface area contributed by atoms with Gasteiger partial charge in [-0.2, -0.15) is 5.26 Å². The van der Waals surface area contributed by atoms with Crippen LogP contribution in [0, 0.1) is 11.3 Å². The summed E-state index contributed by atoms with van der Waals surface area (Å²) in [6, 6.07) is 9.31. The highest BCUT2D eigenvalue weighted by molar-refractivity contribution is 7.15. The van der Waals surface area contributed by atoms with E-state index in [4.69, 9.17) is 10.00 Å². The van der Waals surface area contributed by atoms with Crippen LogP contribution in [-0.2, 0) is 4.74 Å². The molecule has 0 saturated heterocycles. The van der Waals surface area contributed by atoms with Crippen molar-refractivity contribution in [3.8, 4) is 17.3 Å². The van der Waals surface area contributed by atoms with E-state index in [-0.39, 0.29) is 5.91 Å². The quantitative estimate of drug-likeness (QED) is 0.700. The number of imidazole rings is 1. The predicted molar refractivity (Wildman–Crippen MR) is 92.0 cm³/mol. The van der Waals surface area contributed by atoms with Crippen molar-refractivity contribution in [1.82, 2.24) is 14.7 Å². The molecular weight excluding hydrogens is 324 g/mol. The summed E-state index contributed by atoms with van der Waals surface area (Å²) in [7, 11) is 1.63. The average Bonchev–Trinajstić information content (AvgIpc) is 3.19. The van der Waals surface area contributed by atoms with Crippen molar-refractivity contribution in [1.29, 1.82) is 5.26 Å². The Labute approximate surface area is 143 Å². The van der Waals surface area contributed by atoms with Gasteiger partial charge in [0.1, 0.15) is 0 Å². The van der Waals surface area contributed by atoms with E-state index >= 15 is 0 Å². The standard InChI is InChI=1S/C17H16N4O2S/c1-23-8-3-6-19-16(22)14-15(21-7-9-24-17(21)20-14)13-5-2-4-12(10-13)11-18/h2,4-5,7,9-10H,3,6,8H2,1H3,(H,19,22). The summed E-state index contributed by atoms with van der Waals surface area (Å²) in [4.78, 5) is 17.7. The zero-order valence-corrected chi connectivity index (χ0v) is 14.0. The lowest BCUT2D eigenvalue weighted by molar-refractivity contribution is 0.0945. The zero-order valence-electron chi connectivity index (χ0n) is 13.2. The van der Waals surface area contributed by atoms with E-state index in [0.29, 0.717) is 30.1 Å². The molecule has 0 saturated carbocycles. The third kappa shape index (κ3) is 3.15. The van der Waals surface area contributed by atoms with E-state index in [1.54, 1.807) is 25.3 Å². The Hall–Kier alpha value is -2.69. The van der Waals surface area contributed by atoms with Crippen molar-refractivity contribution in [2.45, 2.75) is 6.42 Å². The molecule has 1 N–H and O–H groups in total. The van der Waals surface area contributed by atoms with Gasteiger partial charge in [0.05, 0.1) is 17.3 Å². The van der Waals surface area contributed by atoms with E-state index in [1.807, 2.05) is 22.0 Å². The topological polar surface area (TPSA) is 79.4 Å². The number of benzene rings is 1. The first-order valence-electron chi connectivity index (χ1n) is 7.48. The molecule has 0 aliphatic rings. The van der Waals surface area contributed by atoms with Gasteiger partial charge in [-0.05, 0) is 18.6 Å². The van der Waals surface area contributed by atoms with Crippen molar-refractivity contribution in [2.24, 2.45) is 0 Å². The van der Waals surface area contributed by atoms with Crippen molar-refractivity contribution in [3.63, 3.8) is 0 Å². The minimum atomic E-state index is -0.223. The van der Waals surface area contributed by atoms with Gasteiger partial charge in [0.15, 0.2) is 10.7 Å². The molecule has 6 nitrogen and oxygen atoms in total. The number of hydrogen-bond donors (Lipinski definition) is 1. The van der Waals surface area contributed by atoms with E-state index < -0.39 is 0 Å². The molecule has 0 fully saturated rings. The van der Waals surface area contributed by atoms with Gasteiger partial charge in [0.25, 0.3) is 5.91 Å². The Morgan fingerprint density at radius 3 is 3.17 bits per heavy atom. The summed E-state index contributed by atoms with van der Waals surface area (Å²) >= 11 is 1.46. The van der Waals surface area contributed by atoms with Gasteiger partial charge in [-0.3, -0.25) is 9.20 Å². The van der Waals surface area contributed by atoms with Crippen LogP contribution in [0.2, 0.25) is 0 Å². The van der Waals surface area contributed by atoms with Gasteiger partial charge in [-0.15, -0.1) is 11.3 Å². The predicted octanol–water partition coefficient (Wildman–Crippen LogP) is 2.70. The van der Waals surface area contributed by atoms with Crippen LogP contribution in [-0.4, -0.2) is 35.6 Å². The van der Waals surface area contributed by atoms with E-state index in [0.717, 1.165) is 16.9 Å². The van der Waals surface area contributed by atoms with Crippen LogP contribution in [0.4, 0.5) is 0 Å². The van der Waals surface area contributed by atoms with Crippen LogP contribution >= 0.6 is 11.3 Å². The molecule has 122 valence electrons. The fourth-order valence-electron chi connectivity index (χ4n) is 2.46. The highest BCUT2D eigenvalue weighted by atomic mass is 32.1. The van der Waals surface area contributed by atoms with E-state index in [1.165, 1.54) is 11.3 Å². The third-order valence-corrected chi connectivity index (χ3v) is 4.31. The Kier molecular flexibility index (Phi) is 4.89. The minimum absolute atomic E-state index is 0.223. The normalized spacial score (nSPS) is 10.7. The number of methoxy groups -OCH3 is 1. The Morgan fingerprint density at radius 2 is 2.38 bits per heavy atom. The second kappa shape index (κ2) is 7.25. The van der Waals surface area contributed by atoms with E-state index in [9.17, 15) is 4.79 Å². The summed E-state index contributed by atoms with van der Waals surface area (Å²) in [6.07, 6.45) is 2.62. The van der Waals surface area contributed by atoms with Crippen molar-refractivity contribution >= 4 is 22.2 Å². The lowest BCUT2D eigenvalue weighted by Crippen LogP contribution is -2.26. The highest BCUT2D eigenvalue weighted by Crippen LogP contribution is 2.28. The highest BCUT2D eigenvalue weighted by Gasteiger charge is 2.21. The molecule has 0 atom stereocenters. The molecule has 2 aromatic heterocycles. The van der Waals surface area contributed by atoms with Crippen molar-refractivity contribution in [2.75, 3.05) is 20.3 Å². The number of amides is 1. The van der Waals surface area contributed by atoms with Gasteiger partial charge in [-0.1, -0.05) is 12.1 Å². The molecule has 0 aliphatic carbocycles. The first-order valence-corrected chi connectivity index (χ1v) is 8.36. The lowest BCUT2D eigenvalue weighted by Gasteiger charge is -2.06. The monoisotopic (exact) mass is 340 g/mol. The van der Waals surface area contributed by atoms with Gasteiger partial charge >= 0.3 is 0 Å². The molecular formula is C17H16N4O2S. The summed E-state index contributed by atoms with van der Waals surface area (Å²) in [5.74, 6) is -0.223. The maximum absolute atomic E-state index is 12.5. The summed E-state index contributed by atoms with van der Waals surface area (Å²) in [5.41, 5.74) is 2.41. The molecule has 1 aromatic carbocycles. The first kappa shape index (κ1) is 16.2.